The summed E-state index contributed by atoms with van der Waals surface area (Å²) in [5.74, 6) is 0.439. The van der Waals surface area contributed by atoms with Gasteiger partial charge in [-0.15, -0.1) is 0 Å². The highest BCUT2D eigenvalue weighted by Gasteiger charge is 2.36. The Morgan fingerprint density at radius 2 is 2.15 bits per heavy atom. The van der Waals surface area contributed by atoms with Gasteiger partial charge in [-0.1, -0.05) is 37.6 Å². The predicted octanol–water partition coefficient (Wildman–Crippen LogP) is 3.73. The van der Waals surface area contributed by atoms with Crippen LogP contribution in [0.4, 0.5) is 0 Å². The number of ether oxygens (including phenoxy) is 2. The summed E-state index contributed by atoms with van der Waals surface area (Å²) in [5.41, 5.74) is 3.12. The number of carbonyl (C=O) groups is 1. The first-order chi connectivity index (χ1) is 9.69. The van der Waals surface area contributed by atoms with Crippen LogP contribution < -0.4 is 0 Å². The summed E-state index contributed by atoms with van der Waals surface area (Å²) in [7, 11) is 1.68. The van der Waals surface area contributed by atoms with Crippen molar-refractivity contribution in [2.24, 2.45) is 0 Å². The van der Waals surface area contributed by atoms with Gasteiger partial charge < -0.3 is 9.47 Å². The summed E-state index contributed by atoms with van der Waals surface area (Å²) in [6.07, 6.45) is 3.02. The van der Waals surface area contributed by atoms with Crippen molar-refractivity contribution in [3.8, 4) is 0 Å². The van der Waals surface area contributed by atoms with E-state index in [1.165, 1.54) is 0 Å². The molecule has 0 amide bonds. The summed E-state index contributed by atoms with van der Waals surface area (Å²) in [4.78, 5) is 12.1. The van der Waals surface area contributed by atoms with Crippen molar-refractivity contribution in [3.05, 3.63) is 46.7 Å². The summed E-state index contributed by atoms with van der Waals surface area (Å²) in [6.45, 7) is 4.52. The van der Waals surface area contributed by atoms with E-state index in [4.69, 9.17) is 9.47 Å². The molecule has 1 aromatic carbocycles. The average Bonchev–Trinajstić information content (AvgIpc) is 2.82. The van der Waals surface area contributed by atoms with Crippen molar-refractivity contribution in [1.82, 2.24) is 0 Å². The van der Waals surface area contributed by atoms with Crippen LogP contribution in [0.15, 0.2) is 35.6 Å². The Labute approximate surface area is 120 Å². The summed E-state index contributed by atoms with van der Waals surface area (Å²) >= 11 is 0. The van der Waals surface area contributed by atoms with Crippen LogP contribution >= 0.6 is 0 Å². The number of rotatable bonds is 5. The number of hydrogen-bond acceptors (Lipinski definition) is 3. The van der Waals surface area contributed by atoms with Gasteiger partial charge in [0.05, 0.1) is 12.9 Å². The topological polar surface area (TPSA) is 35.5 Å². The van der Waals surface area contributed by atoms with Gasteiger partial charge in [0.25, 0.3) is 0 Å². The quantitative estimate of drug-likeness (QED) is 0.606. The summed E-state index contributed by atoms with van der Waals surface area (Å²) in [5, 5.41) is 0. The molecule has 0 N–H and O–H groups in total. The third kappa shape index (κ3) is 2.87. The van der Waals surface area contributed by atoms with E-state index in [0.717, 1.165) is 41.7 Å². The fourth-order valence-corrected chi connectivity index (χ4v) is 2.66. The van der Waals surface area contributed by atoms with Crippen LogP contribution in [0.5, 0.6) is 0 Å². The van der Waals surface area contributed by atoms with Crippen LogP contribution in [0, 0.1) is 6.92 Å². The molecule has 0 bridgehead atoms. The summed E-state index contributed by atoms with van der Waals surface area (Å²) in [6, 6.07) is 7.97. The first kappa shape index (κ1) is 14.6. The third-order valence-corrected chi connectivity index (χ3v) is 3.82. The minimum absolute atomic E-state index is 0.166. The van der Waals surface area contributed by atoms with Crippen molar-refractivity contribution in [1.29, 1.82) is 0 Å². The molecule has 1 aliphatic heterocycles. The maximum absolute atomic E-state index is 12.1. The van der Waals surface area contributed by atoms with Gasteiger partial charge in [0.2, 0.25) is 0 Å². The van der Waals surface area contributed by atoms with E-state index >= 15 is 0 Å². The molecule has 2 rings (SSSR count). The lowest BCUT2D eigenvalue weighted by atomic mass is 9.88. The van der Waals surface area contributed by atoms with Gasteiger partial charge in [0.1, 0.15) is 12.5 Å². The van der Waals surface area contributed by atoms with Gasteiger partial charge in [-0.25, -0.2) is 0 Å². The van der Waals surface area contributed by atoms with Gasteiger partial charge in [-0.2, -0.15) is 0 Å². The Morgan fingerprint density at radius 1 is 1.40 bits per heavy atom. The van der Waals surface area contributed by atoms with E-state index in [-0.39, 0.29) is 11.9 Å². The van der Waals surface area contributed by atoms with Crippen molar-refractivity contribution in [2.75, 3.05) is 13.7 Å². The highest BCUT2D eigenvalue weighted by atomic mass is 16.5. The molecule has 1 aromatic rings. The van der Waals surface area contributed by atoms with Gasteiger partial charge in [0.15, 0.2) is 0 Å². The molecule has 0 aromatic heterocycles. The van der Waals surface area contributed by atoms with Crippen LogP contribution in [0.3, 0.4) is 0 Å². The van der Waals surface area contributed by atoms with E-state index in [9.17, 15) is 4.79 Å². The second kappa shape index (κ2) is 6.60. The van der Waals surface area contributed by atoms with Crippen LogP contribution in [0.1, 0.15) is 43.2 Å². The lowest BCUT2D eigenvalue weighted by Gasteiger charge is -2.15. The molecule has 20 heavy (non-hydrogen) atoms. The van der Waals surface area contributed by atoms with Crippen LogP contribution in [0.25, 0.3) is 0 Å². The first-order valence-corrected chi connectivity index (χ1v) is 7.17. The van der Waals surface area contributed by atoms with E-state index in [1.807, 2.05) is 31.2 Å². The fraction of sp³-hybridized carbons (Fsp3) is 0.471. The van der Waals surface area contributed by atoms with Gasteiger partial charge in [-0.05, 0) is 24.5 Å². The van der Waals surface area contributed by atoms with E-state index in [0.29, 0.717) is 6.61 Å². The molecule has 0 aliphatic carbocycles. The average molecular weight is 274 g/mol. The number of methoxy groups -OCH3 is 1. The molecule has 1 heterocycles. The number of esters is 1. The molecule has 3 heteroatoms. The fourth-order valence-electron chi connectivity index (χ4n) is 2.66. The standard InChI is InChI=1S/C17H22O3/c1-4-5-10-15(19-3)14-11-20-17(18)16(14)13-9-7-6-8-12(13)2/h6-9,16H,4-5,10-11H2,1-3H3/b15-14+. The molecule has 0 spiro atoms. The number of hydrogen-bond donors (Lipinski definition) is 0. The molecule has 1 unspecified atom stereocenters. The van der Waals surface area contributed by atoms with Crippen molar-refractivity contribution in [3.63, 3.8) is 0 Å². The highest BCUT2D eigenvalue weighted by Crippen LogP contribution is 2.36. The molecule has 1 atom stereocenters. The Balaban J connectivity index is 2.40. The zero-order valence-electron chi connectivity index (χ0n) is 12.4. The molecular formula is C17H22O3. The lowest BCUT2D eigenvalue weighted by molar-refractivity contribution is -0.139. The minimum atomic E-state index is -0.303. The van der Waals surface area contributed by atoms with Crippen molar-refractivity contribution >= 4 is 5.97 Å². The first-order valence-electron chi connectivity index (χ1n) is 7.17. The number of cyclic esters (lactones) is 1. The number of carbonyl (C=O) groups excluding carboxylic acids is 1. The van der Waals surface area contributed by atoms with E-state index in [1.54, 1.807) is 7.11 Å². The second-order valence-electron chi connectivity index (χ2n) is 5.15. The molecular weight excluding hydrogens is 252 g/mol. The maximum Gasteiger partial charge on any atom is 0.318 e. The SMILES string of the molecule is CCCC/C(OC)=C1/COC(=O)C1c1ccccc1C. The molecule has 1 fully saturated rings. The van der Waals surface area contributed by atoms with Crippen LogP contribution in [-0.2, 0) is 14.3 Å². The Bertz CT molecular complexity index is 517. The number of benzene rings is 1. The zero-order valence-corrected chi connectivity index (χ0v) is 12.4. The van der Waals surface area contributed by atoms with Crippen molar-refractivity contribution < 1.29 is 14.3 Å². The van der Waals surface area contributed by atoms with Crippen LogP contribution in [-0.4, -0.2) is 19.7 Å². The van der Waals surface area contributed by atoms with Gasteiger partial charge in [0, 0.05) is 12.0 Å². The highest BCUT2D eigenvalue weighted by molar-refractivity contribution is 5.85. The predicted molar refractivity (Wildman–Crippen MR) is 78.4 cm³/mol. The van der Waals surface area contributed by atoms with E-state index < -0.39 is 0 Å². The molecule has 1 aliphatic rings. The maximum atomic E-state index is 12.1. The number of unbranched alkanes of at least 4 members (excludes halogenated alkanes) is 1. The second-order valence-corrected chi connectivity index (χ2v) is 5.15. The van der Waals surface area contributed by atoms with Gasteiger partial charge >= 0.3 is 5.97 Å². The molecule has 3 nitrogen and oxygen atoms in total. The minimum Gasteiger partial charge on any atom is -0.501 e. The van der Waals surface area contributed by atoms with Gasteiger partial charge in [-0.3, -0.25) is 4.79 Å². The lowest BCUT2D eigenvalue weighted by Crippen LogP contribution is -2.10. The van der Waals surface area contributed by atoms with Crippen LogP contribution in [0.2, 0.25) is 0 Å². The monoisotopic (exact) mass is 274 g/mol. The van der Waals surface area contributed by atoms with E-state index in [2.05, 4.69) is 6.92 Å². The normalized spacial score (nSPS) is 20.8. The smallest absolute Gasteiger partial charge is 0.318 e. The molecule has 0 saturated carbocycles. The Morgan fingerprint density at radius 3 is 2.80 bits per heavy atom. The Kier molecular flexibility index (Phi) is 4.83. The molecule has 0 radical (unpaired) electrons. The van der Waals surface area contributed by atoms with Crippen molar-refractivity contribution in [2.45, 2.75) is 39.0 Å². The number of allylic oxidation sites excluding steroid dienone is 1. The molecule has 108 valence electrons. The Hall–Kier alpha value is -1.77. The number of aryl methyl sites for hydroxylation is 1. The third-order valence-electron chi connectivity index (χ3n) is 3.82. The summed E-state index contributed by atoms with van der Waals surface area (Å²) < 4.78 is 10.8. The molecule has 1 saturated heterocycles. The zero-order chi connectivity index (χ0) is 14.5. The largest absolute Gasteiger partial charge is 0.501 e.